The molecular weight excluding hydrogens is 555 g/mol. The Kier molecular flexibility index (Phi) is 4.51. The zero-order valence-electron chi connectivity index (χ0n) is 25.8. The van der Waals surface area contributed by atoms with Gasteiger partial charge in [-0.25, -0.2) is 0 Å². The number of para-hydroxylation sites is 3. The number of anilines is 3. The van der Waals surface area contributed by atoms with Crippen LogP contribution < -0.4 is 15.8 Å². The van der Waals surface area contributed by atoms with E-state index in [1.54, 1.807) is 0 Å². The summed E-state index contributed by atoms with van der Waals surface area (Å²) in [6, 6.07) is 52.4. The number of hydrogen-bond acceptors (Lipinski definition) is 1. The smallest absolute Gasteiger partial charge is 0.333 e. The van der Waals surface area contributed by atoms with Crippen molar-refractivity contribution < 1.29 is 0 Å². The monoisotopic (exact) mass is 584 g/mol. The zero-order valence-corrected chi connectivity index (χ0v) is 25.8. The van der Waals surface area contributed by atoms with Crippen LogP contribution in [0.1, 0.15) is 25.0 Å². The molecule has 0 unspecified atom stereocenters. The van der Waals surface area contributed by atoms with Crippen LogP contribution in [0.4, 0.5) is 17.1 Å². The van der Waals surface area contributed by atoms with Gasteiger partial charge >= 0.3 is 6.85 Å². The highest BCUT2D eigenvalue weighted by molar-refractivity contribution is 6.90. The van der Waals surface area contributed by atoms with Gasteiger partial charge in [-0.3, -0.25) is 0 Å². The van der Waals surface area contributed by atoms with Gasteiger partial charge in [0.15, 0.2) is 0 Å². The minimum Gasteiger partial charge on any atom is -0.375 e. The van der Waals surface area contributed by atoms with Crippen molar-refractivity contribution in [3.8, 4) is 22.3 Å². The summed E-state index contributed by atoms with van der Waals surface area (Å²) in [5, 5.41) is 5.24. The first-order valence-electron chi connectivity index (χ1n) is 16.3. The van der Waals surface area contributed by atoms with E-state index in [9.17, 15) is 0 Å². The predicted molar refractivity (Wildman–Crippen MR) is 195 cm³/mol. The van der Waals surface area contributed by atoms with Crippen LogP contribution in [0.2, 0.25) is 0 Å². The fourth-order valence-corrected chi connectivity index (χ4v) is 9.14. The molecule has 0 saturated heterocycles. The second-order valence-electron chi connectivity index (χ2n) is 13.7. The van der Waals surface area contributed by atoms with Gasteiger partial charge in [-0.1, -0.05) is 135 Å². The summed E-state index contributed by atoms with van der Waals surface area (Å²) in [6.45, 7) is 4.84. The van der Waals surface area contributed by atoms with E-state index < -0.39 is 0 Å². The summed E-state index contributed by atoms with van der Waals surface area (Å²) >= 11 is 0. The van der Waals surface area contributed by atoms with Crippen molar-refractivity contribution in [3.05, 3.63) is 151 Å². The lowest BCUT2D eigenvalue weighted by Gasteiger charge is -2.48. The first-order valence-corrected chi connectivity index (χ1v) is 16.3. The molecule has 2 nitrogen and oxygen atoms in total. The minimum atomic E-state index is -0.136. The van der Waals surface area contributed by atoms with Crippen molar-refractivity contribution >= 4 is 67.4 Å². The molecule has 0 spiro atoms. The molecule has 0 saturated carbocycles. The molecule has 3 aliphatic rings. The largest absolute Gasteiger partial charge is 0.375 e. The lowest BCUT2D eigenvalue weighted by molar-refractivity contribution is 0.632. The van der Waals surface area contributed by atoms with Gasteiger partial charge in [-0.2, -0.15) is 0 Å². The maximum atomic E-state index is 2.71. The van der Waals surface area contributed by atoms with E-state index in [0.29, 0.717) is 0 Å². The maximum Gasteiger partial charge on any atom is 0.333 e. The Hall–Kier alpha value is -5.54. The van der Waals surface area contributed by atoms with E-state index in [1.165, 1.54) is 93.9 Å². The van der Waals surface area contributed by atoms with Crippen LogP contribution in [-0.4, -0.2) is 11.3 Å². The number of rotatable bonds is 1. The Labute approximate surface area is 268 Å². The molecule has 3 heteroatoms. The van der Waals surface area contributed by atoms with Gasteiger partial charge in [-0.15, -0.1) is 0 Å². The highest BCUT2D eigenvalue weighted by Gasteiger charge is 2.48. The van der Waals surface area contributed by atoms with E-state index in [-0.39, 0.29) is 12.3 Å². The van der Waals surface area contributed by atoms with Crippen molar-refractivity contribution in [2.45, 2.75) is 19.3 Å². The summed E-state index contributed by atoms with van der Waals surface area (Å²) in [5.74, 6) is 0. The fraction of sp³-hybridized carbons (Fsp3) is 0.0698. The van der Waals surface area contributed by atoms with Gasteiger partial charge in [-0.05, 0) is 62.3 Å². The average molecular weight is 585 g/mol. The molecule has 11 rings (SSSR count). The van der Waals surface area contributed by atoms with Crippen LogP contribution in [-0.2, 0) is 5.41 Å². The Balaban J connectivity index is 1.38. The fourth-order valence-electron chi connectivity index (χ4n) is 9.14. The molecule has 7 aromatic carbocycles. The molecule has 4 heterocycles. The first kappa shape index (κ1) is 24.7. The normalized spacial score (nSPS) is 14.8. The Morgan fingerprint density at radius 2 is 1.26 bits per heavy atom. The molecule has 0 radical (unpaired) electrons. The van der Waals surface area contributed by atoms with Crippen molar-refractivity contribution in [2.75, 3.05) is 4.90 Å². The number of benzene rings is 7. The highest BCUT2D eigenvalue weighted by Crippen LogP contribution is 2.54. The minimum absolute atomic E-state index is 0.0443. The van der Waals surface area contributed by atoms with E-state index in [2.05, 4.69) is 163 Å². The molecular formula is C43H29BN2. The summed E-state index contributed by atoms with van der Waals surface area (Å²) in [6.07, 6.45) is 0. The van der Waals surface area contributed by atoms with Gasteiger partial charge < -0.3 is 9.38 Å². The van der Waals surface area contributed by atoms with Gasteiger partial charge in [0.1, 0.15) is 0 Å². The van der Waals surface area contributed by atoms with Crippen LogP contribution in [0, 0.1) is 0 Å². The van der Waals surface area contributed by atoms with E-state index in [1.807, 2.05) is 0 Å². The molecule has 0 bridgehead atoms. The molecule has 0 amide bonds. The van der Waals surface area contributed by atoms with Gasteiger partial charge in [0.25, 0.3) is 0 Å². The molecule has 0 aliphatic carbocycles. The Morgan fingerprint density at radius 3 is 2.17 bits per heavy atom. The van der Waals surface area contributed by atoms with Crippen molar-refractivity contribution in [3.63, 3.8) is 0 Å². The topological polar surface area (TPSA) is 8.17 Å². The number of aromatic nitrogens is 1. The third kappa shape index (κ3) is 2.86. The summed E-state index contributed by atoms with van der Waals surface area (Å²) < 4.78 is 2.71. The van der Waals surface area contributed by atoms with Crippen molar-refractivity contribution in [1.29, 1.82) is 0 Å². The summed E-state index contributed by atoms with van der Waals surface area (Å²) in [4.78, 5) is 2.60. The van der Waals surface area contributed by atoms with Crippen molar-refractivity contribution in [1.82, 2.24) is 4.48 Å². The molecule has 3 aliphatic heterocycles. The maximum absolute atomic E-state index is 2.71. The third-order valence-corrected chi connectivity index (χ3v) is 11.1. The van der Waals surface area contributed by atoms with E-state index in [0.717, 1.165) is 0 Å². The van der Waals surface area contributed by atoms with Gasteiger partial charge in [0, 0.05) is 49.5 Å². The summed E-state index contributed by atoms with van der Waals surface area (Å²) in [7, 11) is 0. The summed E-state index contributed by atoms with van der Waals surface area (Å²) in [5.41, 5.74) is 17.1. The van der Waals surface area contributed by atoms with Crippen molar-refractivity contribution in [2.24, 2.45) is 0 Å². The zero-order chi connectivity index (χ0) is 30.3. The van der Waals surface area contributed by atoms with E-state index >= 15 is 0 Å². The van der Waals surface area contributed by atoms with Crippen LogP contribution >= 0.6 is 0 Å². The molecule has 0 N–H and O–H groups in total. The van der Waals surface area contributed by atoms with Gasteiger partial charge in [0.2, 0.25) is 0 Å². The Morgan fingerprint density at radius 1 is 0.522 bits per heavy atom. The average Bonchev–Trinajstić information content (AvgIpc) is 3.45. The lowest BCUT2D eigenvalue weighted by Crippen LogP contribution is -2.58. The quantitative estimate of drug-likeness (QED) is 0.175. The lowest BCUT2D eigenvalue weighted by atomic mass is 9.44. The number of fused-ring (bicyclic) bond motifs is 11. The van der Waals surface area contributed by atoms with Crippen LogP contribution in [0.5, 0.6) is 0 Å². The molecule has 8 aromatic rings. The molecule has 0 fully saturated rings. The molecule has 1 aromatic heterocycles. The highest BCUT2D eigenvalue weighted by atomic mass is 15.2. The van der Waals surface area contributed by atoms with Gasteiger partial charge in [0.05, 0.1) is 5.69 Å². The first-order chi connectivity index (χ1) is 22.6. The van der Waals surface area contributed by atoms with Crippen LogP contribution in [0.15, 0.2) is 140 Å². The van der Waals surface area contributed by atoms with E-state index in [4.69, 9.17) is 0 Å². The van der Waals surface area contributed by atoms with Crippen LogP contribution in [0.3, 0.4) is 0 Å². The molecule has 0 atom stereocenters. The SMILES string of the molecule is CC1(C)c2ccccc2N2c3cc(-c4ccccc4)cc4c3B(c3cccc1c32)n1c2c-4cccc2c2ccc3ccccc3c21. The Bertz CT molecular complexity index is 2630. The standard InChI is InChI=1S/C43H29BN2/c1-43(2)34-18-8-9-21-37(34)45-38-25-28(26-12-4-3-5-13-26)24-33-31-17-10-16-30-32-23-22-27-14-6-7-15-29(27)40(32)46(41(30)31)44(39(33)38)36-20-11-19-35(43)42(36)45/h3-25H,1-2H3. The second-order valence-corrected chi connectivity index (χ2v) is 13.7. The second kappa shape index (κ2) is 8.38. The number of hydrogen-bond donors (Lipinski definition) is 0. The molecule has 214 valence electrons. The third-order valence-electron chi connectivity index (χ3n) is 11.1. The number of nitrogens with zero attached hydrogens (tertiary/aromatic N) is 2. The van der Waals surface area contributed by atoms with Crippen LogP contribution in [0.25, 0.3) is 54.8 Å². The molecule has 46 heavy (non-hydrogen) atoms. The predicted octanol–water partition coefficient (Wildman–Crippen LogP) is 9.67.